The number of benzene rings is 1. The van der Waals surface area contributed by atoms with Crippen LogP contribution in [0.25, 0.3) is 6.08 Å². The van der Waals surface area contributed by atoms with Crippen molar-refractivity contribution >= 4 is 23.6 Å². The van der Waals surface area contributed by atoms with E-state index in [9.17, 15) is 4.79 Å². The van der Waals surface area contributed by atoms with E-state index in [1.807, 2.05) is 29.2 Å². The van der Waals surface area contributed by atoms with Crippen LogP contribution in [0.3, 0.4) is 0 Å². The minimum atomic E-state index is 0.0704. The third kappa shape index (κ3) is 4.09. The van der Waals surface area contributed by atoms with Gasteiger partial charge in [0.2, 0.25) is 5.91 Å². The molecule has 0 aromatic heterocycles. The van der Waals surface area contributed by atoms with Crippen molar-refractivity contribution in [2.45, 2.75) is 13.3 Å². The number of rotatable bonds is 4. The third-order valence-electron chi connectivity index (χ3n) is 3.53. The fourth-order valence-electron chi connectivity index (χ4n) is 2.38. The molecule has 1 aliphatic rings. The Hall–Kier alpha value is -1.32. The average Bonchev–Trinajstić information content (AvgIpc) is 2.47. The molecular weight excluding hydrogens is 272 g/mol. The average molecular weight is 293 g/mol. The lowest BCUT2D eigenvalue weighted by Crippen LogP contribution is -2.48. The van der Waals surface area contributed by atoms with Gasteiger partial charge in [-0.05, 0) is 30.7 Å². The summed E-state index contributed by atoms with van der Waals surface area (Å²) < 4.78 is 0. The molecule has 1 fully saturated rings. The molecule has 20 heavy (non-hydrogen) atoms. The zero-order valence-corrected chi connectivity index (χ0v) is 12.6. The van der Waals surface area contributed by atoms with Gasteiger partial charge in [0, 0.05) is 37.3 Å². The van der Waals surface area contributed by atoms with Crippen molar-refractivity contribution in [2.75, 3.05) is 32.7 Å². The molecule has 1 aromatic carbocycles. The second-order valence-corrected chi connectivity index (χ2v) is 5.43. The standard InChI is InChI=1S/C16H21ClN2O/c1-2-9-18-10-12-19(13-11-18)16(20)8-7-14-5-3-4-6-15(14)17/h3-8H,2,9-13H2,1H3/b8-7+. The Kier molecular flexibility index (Phi) is 5.62. The summed E-state index contributed by atoms with van der Waals surface area (Å²) in [5, 5.41) is 0.671. The minimum absolute atomic E-state index is 0.0704. The molecule has 0 N–H and O–H groups in total. The highest BCUT2D eigenvalue weighted by atomic mass is 35.5. The fourth-order valence-corrected chi connectivity index (χ4v) is 2.58. The molecule has 1 heterocycles. The maximum Gasteiger partial charge on any atom is 0.246 e. The number of hydrogen-bond acceptors (Lipinski definition) is 2. The monoisotopic (exact) mass is 292 g/mol. The predicted octanol–water partition coefficient (Wildman–Crippen LogP) is 2.91. The van der Waals surface area contributed by atoms with Crippen LogP contribution in [-0.4, -0.2) is 48.4 Å². The lowest BCUT2D eigenvalue weighted by molar-refractivity contribution is -0.127. The van der Waals surface area contributed by atoms with E-state index in [-0.39, 0.29) is 5.91 Å². The summed E-state index contributed by atoms with van der Waals surface area (Å²) in [4.78, 5) is 16.4. The Bertz CT molecular complexity index is 479. The predicted molar refractivity (Wildman–Crippen MR) is 83.8 cm³/mol. The van der Waals surface area contributed by atoms with Gasteiger partial charge < -0.3 is 4.90 Å². The van der Waals surface area contributed by atoms with Crippen LogP contribution in [0.2, 0.25) is 5.02 Å². The van der Waals surface area contributed by atoms with E-state index in [1.54, 1.807) is 12.2 Å². The molecule has 0 spiro atoms. The van der Waals surface area contributed by atoms with Crippen LogP contribution >= 0.6 is 11.6 Å². The minimum Gasteiger partial charge on any atom is -0.337 e. The fraction of sp³-hybridized carbons (Fsp3) is 0.438. The molecule has 1 amide bonds. The second-order valence-electron chi connectivity index (χ2n) is 5.02. The summed E-state index contributed by atoms with van der Waals surface area (Å²) in [6.07, 6.45) is 4.58. The number of hydrogen-bond donors (Lipinski definition) is 0. The zero-order valence-electron chi connectivity index (χ0n) is 11.9. The Morgan fingerprint density at radius 3 is 2.60 bits per heavy atom. The topological polar surface area (TPSA) is 23.6 Å². The van der Waals surface area contributed by atoms with E-state index in [0.29, 0.717) is 5.02 Å². The number of carbonyl (C=O) groups is 1. The van der Waals surface area contributed by atoms with Crippen molar-refractivity contribution in [1.82, 2.24) is 9.80 Å². The van der Waals surface area contributed by atoms with Crippen molar-refractivity contribution in [3.8, 4) is 0 Å². The van der Waals surface area contributed by atoms with Gasteiger partial charge in [-0.3, -0.25) is 9.69 Å². The summed E-state index contributed by atoms with van der Waals surface area (Å²) >= 11 is 6.06. The highest BCUT2D eigenvalue weighted by Gasteiger charge is 2.18. The summed E-state index contributed by atoms with van der Waals surface area (Å²) in [6, 6.07) is 7.54. The van der Waals surface area contributed by atoms with E-state index in [0.717, 1.165) is 38.3 Å². The molecule has 0 unspecified atom stereocenters. The molecule has 4 heteroatoms. The first-order valence-corrected chi connectivity index (χ1v) is 7.52. The van der Waals surface area contributed by atoms with Gasteiger partial charge in [-0.15, -0.1) is 0 Å². The van der Waals surface area contributed by atoms with Crippen LogP contribution in [0.15, 0.2) is 30.3 Å². The van der Waals surface area contributed by atoms with E-state index in [2.05, 4.69) is 11.8 Å². The molecule has 1 saturated heterocycles. The Morgan fingerprint density at radius 1 is 1.25 bits per heavy atom. The SMILES string of the molecule is CCCN1CCN(C(=O)/C=C/c2ccccc2Cl)CC1. The summed E-state index contributed by atoms with van der Waals surface area (Å²) in [5.74, 6) is 0.0704. The highest BCUT2D eigenvalue weighted by Crippen LogP contribution is 2.16. The van der Waals surface area contributed by atoms with Gasteiger partial charge in [-0.1, -0.05) is 36.7 Å². The number of carbonyl (C=O) groups excluding carboxylic acids is 1. The van der Waals surface area contributed by atoms with E-state index < -0.39 is 0 Å². The highest BCUT2D eigenvalue weighted by molar-refractivity contribution is 6.32. The van der Waals surface area contributed by atoms with Gasteiger partial charge >= 0.3 is 0 Å². The lowest BCUT2D eigenvalue weighted by atomic mass is 10.2. The number of amides is 1. The van der Waals surface area contributed by atoms with E-state index >= 15 is 0 Å². The lowest BCUT2D eigenvalue weighted by Gasteiger charge is -2.34. The van der Waals surface area contributed by atoms with Gasteiger partial charge in [0.25, 0.3) is 0 Å². The quantitative estimate of drug-likeness (QED) is 0.797. The number of piperazine rings is 1. The van der Waals surface area contributed by atoms with Crippen molar-refractivity contribution in [3.63, 3.8) is 0 Å². The van der Waals surface area contributed by atoms with Gasteiger partial charge in [-0.25, -0.2) is 0 Å². The summed E-state index contributed by atoms with van der Waals surface area (Å²) in [7, 11) is 0. The van der Waals surface area contributed by atoms with Gasteiger partial charge in [0.05, 0.1) is 0 Å². The molecule has 0 atom stereocenters. The molecule has 2 rings (SSSR count). The number of halogens is 1. The number of nitrogens with zero attached hydrogens (tertiary/aromatic N) is 2. The van der Waals surface area contributed by atoms with Gasteiger partial charge in [-0.2, -0.15) is 0 Å². The van der Waals surface area contributed by atoms with Crippen LogP contribution in [0.5, 0.6) is 0 Å². The molecule has 3 nitrogen and oxygen atoms in total. The Labute approximate surface area is 125 Å². The maximum atomic E-state index is 12.1. The van der Waals surface area contributed by atoms with Crippen LogP contribution < -0.4 is 0 Å². The van der Waals surface area contributed by atoms with Crippen LogP contribution in [0.1, 0.15) is 18.9 Å². The van der Waals surface area contributed by atoms with Crippen LogP contribution in [-0.2, 0) is 4.79 Å². The third-order valence-corrected chi connectivity index (χ3v) is 3.88. The zero-order chi connectivity index (χ0) is 14.4. The van der Waals surface area contributed by atoms with Crippen molar-refractivity contribution < 1.29 is 4.79 Å². The van der Waals surface area contributed by atoms with Crippen LogP contribution in [0.4, 0.5) is 0 Å². The molecule has 0 radical (unpaired) electrons. The van der Waals surface area contributed by atoms with Crippen LogP contribution in [0, 0.1) is 0 Å². The molecule has 1 aliphatic heterocycles. The van der Waals surface area contributed by atoms with Crippen molar-refractivity contribution in [3.05, 3.63) is 40.9 Å². The normalized spacial score (nSPS) is 16.8. The first-order chi connectivity index (χ1) is 9.70. The molecule has 108 valence electrons. The molecular formula is C16H21ClN2O. The molecule has 0 saturated carbocycles. The maximum absolute atomic E-state index is 12.1. The summed E-state index contributed by atoms with van der Waals surface area (Å²) in [6.45, 7) is 6.87. The van der Waals surface area contributed by atoms with Crippen molar-refractivity contribution in [1.29, 1.82) is 0 Å². The summed E-state index contributed by atoms with van der Waals surface area (Å²) in [5.41, 5.74) is 0.882. The smallest absolute Gasteiger partial charge is 0.246 e. The van der Waals surface area contributed by atoms with E-state index in [1.165, 1.54) is 6.42 Å². The Morgan fingerprint density at radius 2 is 1.95 bits per heavy atom. The Balaban J connectivity index is 1.88. The second kappa shape index (κ2) is 7.46. The molecule has 0 bridgehead atoms. The largest absolute Gasteiger partial charge is 0.337 e. The van der Waals surface area contributed by atoms with E-state index in [4.69, 9.17) is 11.6 Å². The molecule has 1 aromatic rings. The van der Waals surface area contributed by atoms with Gasteiger partial charge in [0.15, 0.2) is 0 Å². The first kappa shape index (κ1) is 15.1. The van der Waals surface area contributed by atoms with Crippen molar-refractivity contribution in [2.24, 2.45) is 0 Å². The van der Waals surface area contributed by atoms with Gasteiger partial charge in [0.1, 0.15) is 0 Å². The first-order valence-electron chi connectivity index (χ1n) is 7.14. The molecule has 0 aliphatic carbocycles.